The van der Waals surface area contributed by atoms with Crippen LogP contribution in [0.2, 0.25) is 0 Å². The van der Waals surface area contributed by atoms with Gasteiger partial charge in [0, 0.05) is 28.2 Å². The van der Waals surface area contributed by atoms with E-state index in [-0.39, 0.29) is 5.56 Å². The Bertz CT molecular complexity index is 1570. The molecule has 4 aromatic carbocycles. The standard InChI is InChI=1S/C29H19N3O2S2/c33-29(34)21-13-11-19(12-14-21)25-30-27-28(35-25)31-26(36-27)20-15-17-24(18-16-20)32(22-7-3-1-4-8-22)23-9-5-2-6-10-23/h1-18H,(H,33,34). The molecule has 5 nitrogen and oxygen atoms in total. The molecule has 174 valence electrons. The summed E-state index contributed by atoms with van der Waals surface area (Å²) in [6, 6.07) is 35.9. The maximum absolute atomic E-state index is 11.1. The lowest BCUT2D eigenvalue weighted by molar-refractivity contribution is 0.0697. The average molecular weight is 506 g/mol. The van der Waals surface area contributed by atoms with E-state index >= 15 is 0 Å². The van der Waals surface area contributed by atoms with Crippen molar-refractivity contribution in [2.45, 2.75) is 0 Å². The van der Waals surface area contributed by atoms with Crippen molar-refractivity contribution in [3.63, 3.8) is 0 Å². The third-order valence-corrected chi connectivity index (χ3v) is 7.88. The van der Waals surface area contributed by atoms with E-state index in [1.807, 2.05) is 36.4 Å². The molecule has 0 aliphatic carbocycles. The number of para-hydroxylation sites is 2. The fraction of sp³-hybridized carbons (Fsp3) is 0. The van der Waals surface area contributed by atoms with Crippen LogP contribution in [0.15, 0.2) is 109 Å². The van der Waals surface area contributed by atoms with Gasteiger partial charge in [0.05, 0.1) is 5.56 Å². The molecule has 0 amide bonds. The maximum Gasteiger partial charge on any atom is 0.335 e. The number of aromatic nitrogens is 2. The molecular weight excluding hydrogens is 486 g/mol. The number of nitrogens with zero attached hydrogens (tertiary/aromatic N) is 3. The molecule has 0 bridgehead atoms. The number of hydrogen-bond donors (Lipinski definition) is 1. The number of carboxylic acid groups (broad SMARTS) is 1. The number of thiazole rings is 2. The summed E-state index contributed by atoms with van der Waals surface area (Å²) in [7, 11) is 0. The van der Waals surface area contributed by atoms with Crippen molar-refractivity contribution < 1.29 is 9.90 Å². The van der Waals surface area contributed by atoms with E-state index in [2.05, 4.69) is 53.4 Å². The number of fused-ring (bicyclic) bond motifs is 1. The first-order valence-electron chi connectivity index (χ1n) is 11.3. The fourth-order valence-corrected chi connectivity index (χ4v) is 6.05. The molecule has 0 fully saturated rings. The molecular formula is C29H19N3O2S2. The predicted molar refractivity (Wildman–Crippen MR) is 148 cm³/mol. The molecule has 0 radical (unpaired) electrons. The maximum atomic E-state index is 11.1. The summed E-state index contributed by atoms with van der Waals surface area (Å²) < 4.78 is 0. The van der Waals surface area contributed by atoms with Gasteiger partial charge >= 0.3 is 5.97 Å². The normalized spacial score (nSPS) is 11.0. The summed E-state index contributed by atoms with van der Waals surface area (Å²) in [6.45, 7) is 0. The monoisotopic (exact) mass is 505 g/mol. The van der Waals surface area contributed by atoms with Crippen molar-refractivity contribution >= 4 is 55.4 Å². The van der Waals surface area contributed by atoms with Crippen LogP contribution in [0, 0.1) is 0 Å². The zero-order chi connectivity index (χ0) is 24.5. The third kappa shape index (κ3) is 4.26. The molecule has 0 saturated carbocycles. The topological polar surface area (TPSA) is 66.3 Å². The van der Waals surface area contributed by atoms with Gasteiger partial charge in [0.2, 0.25) is 0 Å². The first-order valence-corrected chi connectivity index (χ1v) is 12.9. The summed E-state index contributed by atoms with van der Waals surface area (Å²) in [5.74, 6) is -0.936. The third-order valence-electron chi connectivity index (χ3n) is 5.76. The van der Waals surface area contributed by atoms with Gasteiger partial charge in [0.25, 0.3) is 0 Å². The van der Waals surface area contributed by atoms with Crippen LogP contribution in [0.4, 0.5) is 17.1 Å². The molecule has 0 spiro atoms. The number of hydrogen-bond acceptors (Lipinski definition) is 6. The lowest BCUT2D eigenvalue weighted by Gasteiger charge is -2.25. The van der Waals surface area contributed by atoms with E-state index in [0.717, 1.165) is 47.9 Å². The molecule has 2 heterocycles. The van der Waals surface area contributed by atoms with Crippen LogP contribution < -0.4 is 4.90 Å². The first-order chi connectivity index (χ1) is 17.7. The van der Waals surface area contributed by atoms with Crippen LogP contribution in [0.1, 0.15) is 10.4 Å². The van der Waals surface area contributed by atoms with E-state index in [9.17, 15) is 4.79 Å². The van der Waals surface area contributed by atoms with Crippen LogP contribution in [0.5, 0.6) is 0 Å². The highest BCUT2D eigenvalue weighted by Gasteiger charge is 2.15. The van der Waals surface area contributed by atoms with E-state index in [1.165, 1.54) is 11.3 Å². The van der Waals surface area contributed by atoms with Crippen molar-refractivity contribution in [1.29, 1.82) is 0 Å². The summed E-state index contributed by atoms with van der Waals surface area (Å²) in [5, 5.41) is 10.9. The van der Waals surface area contributed by atoms with Gasteiger partial charge in [0.15, 0.2) is 9.66 Å². The molecule has 36 heavy (non-hydrogen) atoms. The molecule has 6 aromatic rings. The molecule has 0 unspecified atom stereocenters. The van der Waals surface area contributed by atoms with Gasteiger partial charge in [0.1, 0.15) is 10.0 Å². The second kappa shape index (κ2) is 9.37. The Labute approximate surface area is 215 Å². The predicted octanol–water partition coefficient (Wildman–Crippen LogP) is 8.25. The number of rotatable bonds is 6. The quantitative estimate of drug-likeness (QED) is 0.247. The Balaban J connectivity index is 1.29. The van der Waals surface area contributed by atoms with Crippen molar-refractivity contribution in [1.82, 2.24) is 9.97 Å². The summed E-state index contributed by atoms with van der Waals surface area (Å²) in [5.41, 5.74) is 5.46. The van der Waals surface area contributed by atoms with Crippen LogP contribution >= 0.6 is 22.7 Å². The second-order valence-corrected chi connectivity index (χ2v) is 10.0. The first kappa shape index (κ1) is 22.2. The van der Waals surface area contributed by atoms with Crippen molar-refractivity contribution in [3.8, 4) is 21.1 Å². The molecule has 0 atom stereocenters. The van der Waals surface area contributed by atoms with Crippen molar-refractivity contribution in [2.24, 2.45) is 0 Å². The Morgan fingerprint density at radius 3 is 1.44 bits per heavy atom. The summed E-state index contributed by atoms with van der Waals surface area (Å²) in [4.78, 5) is 24.7. The minimum Gasteiger partial charge on any atom is -0.478 e. The summed E-state index contributed by atoms with van der Waals surface area (Å²) in [6.07, 6.45) is 0. The van der Waals surface area contributed by atoms with Crippen LogP contribution in [-0.4, -0.2) is 21.0 Å². The molecule has 7 heteroatoms. The molecule has 0 saturated heterocycles. The van der Waals surface area contributed by atoms with Gasteiger partial charge in [-0.3, -0.25) is 0 Å². The number of anilines is 3. The summed E-state index contributed by atoms with van der Waals surface area (Å²) >= 11 is 3.08. The molecule has 0 aliphatic rings. The van der Waals surface area contributed by atoms with Crippen LogP contribution in [0.3, 0.4) is 0 Å². The average Bonchev–Trinajstić information content (AvgIpc) is 3.51. The van der Waals surface area contributed by atoms with Gasteiger partial charge in [-0.2, -0.15) is 0 Å². The Hall–Kier alpha value is -4.33. The number of benzene rings is 4. The zero-order valence-electron chi connectivity index (χ0n) is 18.9. The highest BCUT2D eigenvalue weighted by molar-refractivity contribution is 7.29. The van der Waals surface area contributed by atoms with Gasteiger partial charge < -0.3 is 10.0 Å². The van der Waals surface area contributed by atoms with Gasteiger partial charge in [-0.1, -0.05) is 71.2 Å². The van der Waals surface area contributed by atoms with Crippen LogP contribution in [0.25, 0.3) is 30.8 Å². The van der Waals surface area contributed by atoms with E-state index in [4.69, 9.17) is 15.1 Å². The Morgan fingerprint density at radius 2 is 1.00 bits per heavy atom. The second-order valence-electron chi connectivity index (χ2n) is 8.08. The molecule has 0 aliphatic heterocycles. The molecule has 6 rings (SSSR count). The molecule has 1 N–H and O–H groups in total. The Morgan fingerprint density at radius 1 is 0.583 bits per heavy atom. The van der Waals surface area contributed by atoms with Gasteiger partial charge in [-0.15, -0.1) is 0 Å². The van der Waals surface area contributed by atoms with E-state index < -0.39 is 5.97 Å². The lowest BCUT2D eigenvalue weighted by Crippen LogP contribution is -2.09. The molecule has 2 aromatic heterocycles. The number of carbonyl (C=O) groups is 1. The van der Waals surface area contributed by atoms with Crippen molar-refractivity contribution in [3.05, 3.63) is 115 Å². The highest BCUT2D eigenvalue weighted by atomic mass is 32.1. The number of aromatic carboxylic acids is 1. The van der Waals surface area contributed by atoms with Gasteiger partial charge in [-0.05, 0) is 60.7 Å². The fourth-order valence-electron chi connectivity index (χ4n) is 4.00. The smallest absolute Gasteiger partial charge is 0.335 e. The zero-order valence-corrected chi connectivity index (χ0v) is 20.5. The van der Waals surface area contributed by atoms with E-state index in [1.54, 1.807) is 35.6 Å². The SMILES string of the molecule is O=C(O)c1ccc(-c2nc3sc(-c4ccc(N(c5ccccc5)c5ccccc5)cc4)nc3s2)cc1. The van der Waals surface area contributed by atoms with Crippen LogP contribution in [-0.2, 0) is 0 Å². The Kier molecular flexibility index (Phi) is 5.77. The van der Waals surface area contributed by atoms with Crippen molar-refractivity contribution in [2.75, 3.05) is 4.90 Å². The minimum absolute atomic E-state index is 0.263. The number of carboxylic acids is 1. The minimum atomic E-state index is -0.936. The van der Waals surface area contributed by atoms with Gasteiger partial charge in [-0.25, -0.2) is 14.8 Å². The largest absolute Gasteiger partial charge is 0.478 e. The lowest BCUT2D eigenvalue weighted by atomic mass is 10.1. The highest BCUT2D eigenvalue weighted by Crippen LogP contribution is 2.39. The van der Waals surface area contributed by atoms with E-state index in [0.29, 0.717) is 0 Å².